The Morgan fingerprint density at radius 2 is 1.78 bits per heavy atom. The number of rotatable bonds is 2. The van der Waals surface area contributed by atoms with Gasteiger partial charge >= 0.3 is 5.97 Å². The van der Waals surface area contributed by atoms with Gasteiger partial charge in [0, 0.05) is 31.1 Å². The van der Waals surface area contributed by atoms with Gasteiger partial charge in [-0.3, -0.25) is 14.5 Å². The van der Waals surface area contributed by atoms with Crippen LogP contribution < -0.4 is 0 Å². The molecule has 0 bridgehead atoms. The third-order valence-corrected chi connectivity index (χ3v) is 4.46. The SMILES string of the molecule is CN1CCN(C(=O)C2CC(C(=O)O)C2)CC1(C)C. The molecule has 5 nitrogen and oxygen atoms in total. The summed E-state index contributed by atoms with van der Waals surface area (Å²) >= 11 is 0. The fourth-order valence-corrected chi connectivity index (χ4v) is 2.71. The minimum Gasteiger partial charge on any atom is -0.481 e. The molecule has 1 heterocycles. The molecule has 0 spiro atoms. The minimum absolute atomic E-state index is 0.00383. The molecule has 0 aromatic carbocycles. The van der Waals surface area contributed by atoms with Gasteiger partial charge < -0.3 is 10.0 Å². The minimum atomic E-state index is -0.766. The van der Waals surface area contributed by atoms with Crippen LogP contribution in [0.5, 0.6) is 0 Å². The van der Waals surface area contributed by atoms with E-state index in [1.165, 1.54) is 0 Å². The Kier molecular flexibility index (Phi) is 3.36. The van der Waals surface area contributed by atoms with Gasteiger partial charge in [-0.25, -0.2) is 0 Å². The molecule has 2 aliphatic rings. The number of aliphatic carboxylic acids is 1. The molecular weight excluding hydrogens is 232 g/mol. The number of likely N-dealkylation sites (N-methyl/N-ethyl adjacent to an activating group) is 1. The van der Waals surface area contributed by atoms with Gasteiger partial charge in [-0.2, -0.15) is 0 Å². The zero-order valence-corrected chi connectivity index (χ0v) is 11.3. The second kappa shape index (κ2) is 4.53. The number of nitrogens with zero attached hydrogens (tertiary/aromatic N) is 2. The summed E-state index contributed by atoms with van der Waals surface area (Å²) < 4.78 is 0. The smallest absolute Gasteiger partial charge is 0.306 e. The van der Waals surface area contributed by atoms with E-state index in [9.17, 15) is 9.59 Å². The van der Waals surface area contributed by atoms with Gasteiger partial charge in [-0.1, -0.05) is 0 Å². The summed E-state index contributed by atoms with van der Waals surface area (Å²) in [6.45, 7) is 6.64. The van der Waals surface area contributed by atoms with Crippen LogP contribution in [0.1, 0.15) is 26.7 Å². The molecule has 1 amide bonds. The van der Waals surface area contributed by atoms with Crippen LogP contribution in [0.2, 0.25) is 0 Å². The molecule has 1 N–H and O–H groups in total. The molecule has 0 aromatic rings. The molecule has 1 saturated heterocycles. The molecule has 102 valence electrons. The summed E-state index contributed by atoms with van der Waals surface area (Å²) in [7, 11) is 2.08. The van der Waals surface area contributed by atoms with Gasteiger partial charge in [0.25, 0.3) is 0 Å². The van der Waals surface area contributed by atoms with Crippen molar-refractivity contribution in [2.24, 2.45) is 11.8 Å². The van der Waals surface area contributed by atoms with Crippen LogP contribution in [0.25, 0.3) is 0 Å². The predicted molar refractivity (Wildman–Crippen MR) is 67.1 cm³/mol. The van der Waals surface area contributed by atoms with Gasteiger partial charge in [0.05, 0.1) is 5.92 Å². The molecule has 2 rings (SSSR count). The molecule has 5 heteroatoms. The molecular formula is C13H22N2O3. The van der Waals surface area contributed by atoms with E-state index in [1.54, 1.807) is 0 Å². The number of carboxylic acids is 1. The standard InChI is InChI=1S/C13H22N2O3/c1-13(2)8-15(5-4-14(13)3)11(16)9-6-10(7-9)12(17)18/h9-10H,4-8H2,1-3H3,(H,17,18). The molecule has 0 aromatic heterocycles. The van der Waals surface area contributed by atoms with E-state index in [0.29, 0.717) is 12.8 Å². The highest BCUT2D eigenvalue weighted by molar-refractivity contribution is 5.83. The fourth-order valence-electron chi connectivity index (χ4n) is 2.71. The van der Waals surface area contributed by atoms with E-state index in [4.69, 9.17) is 5.11 Å². The van der Waals surface area contributed by atoms with Crippen molar-refractivity contribution in [1.29, 1.82) is 0 Å². The Morgan fingerprint density at radius 1 is 1.17 bits per heavy atom. The maximum Gasteiger partial charge on any atom is 0.306 e. The number of hydrogen-bond acceptors (Lipinski definition) is 3. The van der Waals surface area contributed by atoms with Crippen molar-refractivity contribution in [2.45, 2.75) is 32.2 Å². The summed E-state index contributed by atoms with van der Waals surface area (Å²) in [5.74, 6) is -0.990. The number of amides is 1. The highest BCUT2D eigenvalue weighted by atomic mass is 16.4. The Morgan fingerprint density at radius 3 is 2.28 bits per heavy atom. The third kappa shape index (κ3) is 2.36. The van der Waals surface area contributed by atoms with E-state index in [0.717, 1.165) is 19.6 Å². The Balaban J connectivity index is 1.90. The Labute approximate surface area is 108 Å². The van der Waals surface area contributed by atoms with E-state index in [1.807, 2.05) is 4.90 Å². The van der Waals surface area contributed by atoms with Crippen molar-refractivity contribution < 1.29 is 14.7 Å². The lowest BCUT2D eigenvalue weighted by Crippen LogP contribution is -2.60. The monoisotopic (exact) mass is 254 g/mol. The molecule has 1 aliphatic heterocycles. The summed E-state index contributed by atoms with van der Waals surface area (Å²) in [5, 5.41) is 8.83. The number of carbonyl (C=O) groups excluding carboxylic acids is 1. The van der Waals surface area contributed by atoms with Crippen molar-refractivity contribution in [2.75, 3.05) is 26.7 Å². The lowest BCUT2D eigenvalue weighted by Gasteiger charge is -2.47. The fraction of sp³-hybridized carbons (Fsp3) is 0.846. The first kappa shape index (κ1) is 13.3. The first-order valence-corrected chi connectivity index (χ1v) is 6.54. The second-order valence-corrected chi connectivity index (χ2v) is 6.20. The summed E-state index contributed by atoms with van der Waals surface area (Å²) in [4.78, 5) is 27.2. The normalized spacial score (nSPS) is 31.8. The molecule has 18 heavy (non-hydrogen) atoms. The molecule has 2 fully saturated rings. The zero-order chi connectivity index (χ0) is 13.5. The molecule has 0 unspecified atom stereocenters. The van der Waals surface area contributed by atoms with Gasteiger partial charge in [-0.05, 0) is 33.7 Å². The van der Waals surface area contributed by atoms with E-state index < -0.39 is 5.97 Å². The number of hydrogen-bond donors (Lipinski definition) is 1. The summed E-state index contributed by atoms with van der Waals surface area (Å²) in [6.07, 6.45) is 1.03. The van der Waals surface area contributed by atoms with Crippen LogP contribution in [-0.4, -0.2) is 59.0 Å². The number of carbonyl (C=O) groups is 2. The van der Waals surface area contributed by atoms with Crippen molar-refractivity contribution in [3.05, 3.63) is 0 Å². The largest absolute Gasteiger partial charge is 0.481 e. The van der Waals surface area contributed by atoms with Crippen LogP contribution in [-0.2, 0) is 9.59 Å². The van der Waals surface area contributed by atoms with Gasteiger partial charge in [0.15, 0.2) is 0 Å². The highest BCUT2D eigenvalue weighted by Crippen LogP contribution is 2.36. The van der Waals surface area contributed by atoms with Crippen LogP contribution in [0.3, 0.4) is 0 Å². The Hall–Kier alpha value is -1.10. The molecule has 1 aliphatic carbocycles. The van der Waals surface area contributed by atoms with Gasteiger partial charge in [0.2, 0.25) is 5.91 Å². The van der Waals surface area contributed by atoms with Gasteiger partial charge in [-0.15, -0.1) is 0 Å². The maximum absolute atomic E-state index is 12.3. The van der Waals surface area contributed by atoms with E-state index >= 15 is 0 Å². The number of piperazine rings is 1. The molecule has 1 saturated carbocycles. The highest BCUT2D eigenvalue weighted by Gasteiger charge is 2.42. The van der Waals surface area contributed by atoms with E-state index in [2.05, 4.69) is 25.8 Å². The van der Waals surface area contributed by atoms with Crippen LogP contribution in [0, 0.1) is 11.8 Å². The maximum atomic E-state index is 12.3. The van der Waals surface area contributed by atoms with Crippen LogP contribution in [0.15, 0.2) is 0 Å². The summed E-state index contributed by atoms with van der Waals surface area (Å²) in [5.41, 5.74) is 0.00383. The van der Waals surface area contributed by atoms with E-state index in [-0.39, 0.29) is 23.3 Å². The van der Waals surface area contributed by atoms with Gasteiger partial charge in [0.1, 0.15) is 0 Å². The van der Waals surface area contributed by atoms with Crippen LogP contribution >= 0.6 is 0 Å². The molecule has 0 atom stereocenters. The Bertz CT molecular complexity index is 361. The first-order chi connectivity index (χ1) is 8.31. The van der Waals surface area contributed by atoms with Crippen molar-refractivity contribution in [3.63, 3.8) is 0 Å². The van der Waals surface area contributed by atoms with Crippen molar-refractivity contribution >= 4 is 11.9 Å². The molecule has 0 radical (unpaired) electrons. The topological polar surface area (TPSA) is 60.9 Å². The zero-order valence-electron chi connectivity index (χ0n) is 11.3. The lowest BCUT2D eigenvalue weighted by atomic mass is 9.74. The average molecular weight is 254 g/mol. The quantitative estimate of drug-likeness (QED) is 0.786. The average Bonchev–Trinajstić information content (AvgIpc) is 2.19. The predicted octanol–water partition coefficient (Wildman–Crippen LogP) is 0.650. The third-order valence-electron chi connectivity index (χ3n) is 4.46. The first-order valence-electron chi connectivity index (χ1n) is 6.54. The lowest BCUT2D eigenvalue weighted by molar-refractivity contribution is -0.153. The second-order valence-electron chi connectivity index (χ2n) is 6.20. The van der Waals surface area contributed by atoms with Crippen LogP contribution in [0.4, 0.5) is 0 Å². The van der Waals surface area contributed by atoms with Crippen molar-refractivity contribution in [3.8, 4) is 0 Å². The van der Waals surface area contributed by atoms with Crippen molar-refractivity contribution in [1.82, 2.24) is 9.80 Å². The number of carboxylic acid groups (broad SMARTS) is 1. The summed E-state index contributed by atoms with van der Waals surface area (Å²) in [6, 6.07) is 0.